The Morgan fingerprint density at radius 3 is 2.70 bits per heavy atom. The third-order valence-electron chi connectivity index (χ3n) is 3.44. The maximum atomic E-state index is 5.88. The lowest BCUT2D eigenvalue weighted by Crippen LogP contribution is -2.26. The van der Waals surface area contributed by atoms with Crippen LogP contribution in [0, 0.1) is 0 Å². The minimum absolute atomic E-state index is 0.580. The minimum Gasteiger partial charge on any atom is -0.486 e. The van der Waals surface area contributed by atoms with Crippen molar-refractivity contribution in [3.05, 3.63) is 24.4 Å². The van der Waals surface area contributed by atoms with Crippen molar-refractivity contribution in [2.24, 2.45) is 0 Å². The molecule has 0 fully saturated rings. The van der Waals surface area contributed by atoms with Crippen LogP contribution in [0.15, 0.2) is 24.4 Å². The second kappa shape index (κ2) is 5.75. The second-order valence-electron chi connectivity index (χ2n) is 4.62. The number of rotatable bonds is 4. The first-order chi connectivity index (χ1) is 9.83. The Morgan fingerprint density at radius 1 is 1.25 bits per heavy atom. The first kappa shape index (κ1) is 13.3. The van der Waals surface area contributed by atoms with Gasteiger partial charge in [0.15, 0.2) is 11.5 Å². The molecule has 0 saturated carbocycles. The Labute approximate surface area is 123 Å². The first-order valence-corrected chi connectivity index (χ1v) is 7.36. The molecule has 0 radical (unpaired) electrons. The van der Waals surface area contributed by atoms with Gasteiger partial charge >= 0.3 is 0 Å². The van der Waals surface area contributed by atoms with Gasteiger partial charge in [-0.25, -0.2) is 4.98 Å². The molecule has 1 aliphatic heterocycles. The third-order valence-corrected chi connectivity index (χ3v) is 3.61. The number of pyridine rings is 1. The predicted molar refractivity (Wildman–Crippen MR) is 81.3 cm³/mol. The molecule has 0 atom stereocenters. The van der Waals surface area contributed by atoms with Gasteiger partial charge in [0.05, 0.1) is 0 Å². The van der Waals surface area contributed by atoms with Gasteiger partial charge in [0.1, 0.15) is 19.0 Å². The molecule has 0 bridgehead atoms. The number of halogens is 1. The van der Waals surface area contributed by atoms with Gasteiger partial charge in [-0.05, 0) is 30.5 Å². The van der Waals surface area contributed by atoms with Crippen LogP contribution in [0.25, 0.3) is 10.8 Å². The summed E-state index contributed by atoms with van der Waals surface area (Å²) in [4.78, 5) is 6.69. The van der Waals surface area contributed by atoms with E-state index in [1.165, 1.54) is 0 Å². The molecule has 5 heteroatoms. The molecule has 3 rings (SSSR count). The summed E-state index contributed by atoms with van der Waals surface area (Å²) in [7, 11) is 0. The highest BCUT2D eigenvalue weighted by Crippen LogP contribution is 2.37. The van der Waals surface area contributed by atoms with E-state index >= 15 is 0 Å². The zero-order valence-electron chi connectivity index (χ0n) is 11.4. The molecule has 2 heterocycles. The lowest BCUT2D eigenvalue weighted by Gasteiger charge is -2.24. The maximum Gasteiger partial charge on any atom is 0.162 e. The van der Waals surface area contributed by atoms with Gasteiger partial charge in [-0.3, -0.25) is 0 Å². The van der Waals surface area contributed by atoms with E-state index in [9.17, 15) is 0 Å². The summed E-state index contributed by atoms with van der Waals surface area (Å²) in [5, 5.41) is 2.18. The van der Waals surface area contributed by atoms with E-state index in [-0.39, 0.29) is 0 Å². The van der Waals surface area contributed by atoms with E-state index in [4.69, 9.17) is 21.1 Å². The summed E-state index contributed by atoms with van der Waals surface area (Å²) in [6.07, 6.45) is 1.82. The second-order valence-corrected chi connectivity index (χ2v) is 5.00. The van der Waals surface area contributed by atoms with Crippen LogP contribution in [0.4, 0.5) is 5.82 Å². The molecule has 106 valence electrons. The lowest BCUT2D eigenvalue weighted by atomic mass is 10.1. The van der Waals surface area contributed by atoms with Crippen molar-refractivity contribution in [1.29, 1.82) is 0 Å². The molecule has 1 aliphatic rings. The van der Waals surface area contributed by atoms with Crippen molar-refractivity contribution in [3.8, 4) is 11.5 Å². The standard InChI is InChI=1S/C15H17ClN2O2/c1-2-18(6-4-16)15-12-10-14-13(19-7-8-20-14)9-11(12)3-5-17-15/h3,5,9-10H,2,4,6-8H2,1H3. The summed E-state index contributed by atoms with van der Waals surface area (Å²) in [5.41, 5.74) is 0. The number of aromatic nitrogens is 1. The summed E-state index contributed by atoms with van der Waals surface area (Å²) in [6.45, 7) is 4.94. The highest BCUT2D eigenvalue weighted by molar-refractivity contribution is 6.18. The monoisotopic (exact) mass is 292 g/mol. The quantitative estimate of drug-likeness (QED) is 0.811. The van der Waals surface area contributed by atoms with Gasteiger partial charge in [0.2, 0.25) is 0 Å². The zero-order valence-corrected chi connectivity index (χ0v) is 12.2. The number of hydrogen-bond acceptors (Lipinski definition) is 4. The Balaban J connectivity index is 2.12. The molecule has 1 aromatic heterocycles. The number of hydrogen-bond donors (Lipinski definition) is 0. The fourth-order valence-corrected chi connectivity index (χ4v) is 2.67. The maximum absolute atomic E-state index is 5.88. The SMILES string of the molecule is CCN(CCCl)c1nccc2cc3c(cc12)OCCO3. The van der Waals surface area contributed by atoms with E-state index in [0.717, 1.165) is 41.2 Å². The van der Waals surface area contributed by atoms with Crippen LogP contribution in [-0.2, 0) is 0 Å². The Hall–Kier alpha value is -1.68. The van der Waals surface area contributed by atoms with Crippen LogP contribution in [0.2, 0.25) is 0 Å². The number of nitrogens with zero attached hydrogens (tertiary/aromatic N) is 2. The van der Waals surface area contributed by atoms with Crippen molar-refractivity contribution in [3.63, 3.8) is 0 Å². The fraction of sp³-hybridized carbons (Fsp3) is 0.400. The van der Waals surface area contributed by atoms with Gasteiger partial charge in [-0.1, -0.05) is 0 Å². The molecular weight excluding hydrogens is 276 g/mol. The van der Waals surface area contributed by atoms with Crippen molar-refractivity contribution < 1.29 is 9.47 Å². The Kier molecular flexibility index (Phi) is 3.83. The Morgan fingerprint density at radius 2 is 2.00 bits per heavy atom. The molecule has 4 nitrogen and oxygen atoms in total. The molecule has 1 aromatic carbocycles. The normalized spacial score (nSPS) is 13.5. The number of benzene rings is 1. The van der Waals surface area contributed by atoms with Crippen LogP contribution in [0.1, 0.15) is 6.92 Å². The van der Waals surface area contributed by atoms with Crippen molar-refractivity contribution >= 4 is 28.2 Å². The van der Waals surface area contributed by atoms with E-state index in [1.54, 1.807) is 0 Å². The molecule has 0 saturated heterocycles. The third kappa shape index (κ3) is 2.36. The summed E-state index contributed by atoms with van der Waals surface area (Å²) in [5.74, 6) is 3.13. The summed E-state index contributed by atoms with van der Waals surface area (Å²) < 4.78 is 11.3. The molecule has 0 aliphatic carbocycles. The average molecular weight is 293 g/mol. The van der Waals surface area contributed by atoms with Gasteiger partial charge in [0.25, 0.3) is 0 Å². The van der Waals surface area contributed by atoms with Crippen LogP contribution in [0.5, 0.6) is 11.5 Å². The zero-order chi connectivity index (χ0) is 13.9. The number of alkyl halides is 1. The minimum atomic E-state index is 0.580. The van der Waals surface area contributed by atoms with Gasteiger partial charge < -0.3 is 14.4 Å². The fourth-order valence-electron chi connectivity index (χ4n) is 2.46. The van der Waals surface area contributed by atoms with Crippen molar-refractivity contribution in [2.45, 2.75) is 6.92 Å². The molecule has 0 spiro atoms. The molecule has 0 N–H and O–H groups in total. The highest BCUT2D eigenvalue weighted by atomic mass is 35.5. The van der Waals surface area contributed by atoms with Crippen LogP contribution < -0.4 is 14.4 Å². The summed E-state index contributed by atoms with van der Waals surface area (Å²) in [6, 6.07) is 6.03. The molecular formula is C15H17ClN2O2. The van der Waals surface area contributed by atoms with Crippen LogP contribution in [-0.4, -0.2) is 37.2 Å². The average Bonchev–Trinajstić information content (AvgIpc) is 2.50. The van der Waals surface area contributed by atoms with E-state index in [1.807, 2.05) is 24.4 Å². The lowest BCUT2D eigenvalue weighted by molar-refractivity contribution is 0.172. The topological polar surface area (TPSA) is 34.6 Å². The van der Waals surface area contributed by atoms with Crippen molar-refractivity contribution in [1.82, 2.24) is 4.98 Å². The summed E-state index contributed by atoms with van der Waals surface area (Å²) >= 11 is 5.88. The van der Waals surface area contributed by atoms with E-state index in [0.29, 0.717) is 19.1 Å². The smallest absolute Gasteiger partial charge is 0.162 e. The van der Waals surface area contributed by atoms with Gasteiger partial charge in [-0.2, -0.15) is 0 Å². The highest BCUT2D eigenvalue weighted by Gasteiger charge is 2.16. The first-order valence-electron chi connectivity index (χ1n) is 6.82. The molecule has 0 amide bonds. The largest absolute Gasteiger partial charge is 0.486 e. The molecule has 0 unspecified atom stereocenters. The predicted octanol–water partition coefficient (Wildman–Crippen LogP) is 3.07. The molecule has 20 heavy (non-hydrogen) atoms. The van der Waals surface area contributed by atoms with Gasteiger partial charge in [0, 0.05) is 30.6 Å². The number of anilines is 1. The van der Waals surface area contributed by atoms with E-state index in [2.05, 4.69) is 16.8 Å². The van der Waals surface area contributed by atoms with Crippen LogP contribution in [0.3, 0.4) is 0 Å². The van der Waals surface area contributed by atoms with Crippen molar-refractivity contribution in [2.75, 3.05) is 37.1 Å². The number of ether oxygens (including phenoxy) is 2. The molecule has 2 aromatic rings. The van der Waals surface area contributed by atoms with E-state index < -0.39 is 0 Å². The number of fused-ring (bicyclic) bond motifs is 2. The van der Waals surface area contributed by atoms with Gasteiger partial charge in [-0.15, -0.1) is 11.6 Å². The Bertz CT molecular complexity index is 618. The van der Waals surface area contributed by atoms with Crippen LogP contribution >= 0.6 is 11.6 Å².